The summed E-state index contributed by atoms with van der Waals surface area (Å²) in [5.74, 6) is -1.08. The van der Waals surface area contributed by atoms with Gasteiger partial charge in [-0.1, -0.05) is 41.4 Å². The van der Waals surface area contributed by atoms with E-state index in [1.165, 1.54) is 4.68 Å². The van der Waals surface area contributed by atoms with Crippen LogP contribution in [0.2, 0.25) is 10.0 Å². The Balaban J connectivity index is 2.34. The molecule has 20 heavy (non-hydrogen) atoms. The van der Waals surface area contributed by atoms with Gasteiger partial charge in [0.25, 0.3) is 0 Å². The fourth-order valence-corrected chi connectivity index (χ4v) is 2.55. The van der Waals surface area contributed by atoms with Crippen LogP contribution < -0.4 is 0 Å². The number of para-hydroxylation sites is 1. The van der Waals surface area contributed by atoms with Crippen LogP contribution in [0.5, 0.6) is 0 Å². The number of nitrogens with zero attached hydrogens (tertiary/aromatic N) is 2. The first-order valence-electron chi connectivity index (χ1n) is 5.74. The van der Waals surface area contributed by atoms with E-state index in [2.05, 4.69) is 5.10 Å². The largest absolute Gasteiger partial charge is 0.476 e. The lowest BCUT2D eigenvalue weighted by atomic mass is 10.2. The van der Waals surface area contributed by atoms with Crippen molar-refractivity contribution in [2.24, 2.45) is 0 Å². The van der Waals surface area contributed by atoms with Gasteiger partial charge in [-0.25, -0.2) is 9.48 Å². The number of aromatic carboxylic acids is 1. The van der Waals surface area contributed by atoms with Crippen molar-refractivity contribution in [1.82, 2.24) is 9.78 Å². The summed E-state index contributed by atoms with van der Waals surface area (Å²) in [5.41, 5.74) is 1.25. The van der Waals surface area contributed by atoms with Crippen LogP contribution in [0.25, 0.3) is 16.6 Å². The molecule has 6 heteroatoms. The fraction of sp³-hybridized carbons (Fsp3) is 0. The van der Waals surface area contributed by atoms with Gasteiger partial charge in [-0.05, 0) is 24.3 Å². The Hall–Kier alpha value is -2.04. The predicted octanol–water partition coefficient (Wildman–Crippen LogP) is 4.03. The maximum absolute atomic E-state index is 11.3. The fourth-order valence-electron chi connectivity index (χ4n) is 2.06. The first-order valence-corrected chi connectivity index (χ1v) is 6.50. The van der Waals surface area contributed by atoms with Crippen LogP contribution in [0.4, 0.5) is 0 Å². The molecule has 1 N–H and O–H groups in total. The first-order chi connectivity index (χ1) is 9.58. The normalized spacial score (nSPS) is 10.9. The smallest absolute Gasteiger partial charge is 0.357 e. The molecule has 0 bridgehead atoms. The Morgan fingerprint density at radius 2 is 1.90 bits per heavy atom. The molecule has 0 aliphatic carbocycles. The number of aromatic nitrogens is 2. The van der Waals surface area contributed by atoms with Gasteiger partial charge in [0, 0.05) is 10.4 Å². The van der Waals surface area contributed by atoms with Crippen molar-refractivity contribution in [3.8, 4) is 5.69 Å². The summed E-state index contributed by atoms with van der Waals surface area (Å²) in [5, 5.41) is 14.8. The summed E-state index contributed by atoms with van der Waals surface area (Å²) < 4.78 is 1.51. The zero-order chi connectivity index (χ0) is 14.3. The van der Waals surface area contributed by atoms with E-state index < -0.39 is 5.97 Å². The van der Waals surface area contributed by atoms with Gasteiger partial charge in [-0.15, -0.1) is 0 Å². The lowest BCUT2D eigenvalue weighted by Gasteiger charge is -2.06. The second kappa shape index (κ2) is 4.81. The molecule has 0 radical (unpaired) electrons. The summed E-state index contributed by atoms with van der Waals surface area (Å²) >= 11 is 12.0. The third kappa shape index (κ3) is 2.03. The zero-order valence-electron chi connectivity index (χ0n) is 10.0. The van der Waals surface area contributed by atoms with Crippen LogP contribution in [0.3, 0.4) is 0 Å². The third-order valence-corrected chi connectivity index (χ3v) is 3.47. The van der Waals surface area contributed by atoms with Crippen molar-refractivity contribution in [2.75, 3.05) is 0 Å². The molecule has 3 rings (SSSR count). The molecule has 0 saturated heterocycles. The van der Waals surface area contributed by atoms with Crippen molar-refractivity contribution in [3.05, 3.63) is 58.2 Å². The van der Waals surface area contributed by atoms with Gasteiger partial charge >= 0.3 is 5.97 Å². The van der Waals surface area contributed by atoms with Crippen LogP contribution in [-0.4, -0.2) is 20.9 Å². The summed E-state index contributed by atoms with van der Waals surface area (Å²) in [6.07, 6.45) is 0. The van der Waals surface area contributed by atoms with Crippen LogP contribution in [0.1, 0.15) is 10.5 Å². The minimum atomic E-state index is -1.08. The number of rotatable bonds is 2. The number of fused-ring (bicyclic) bond motifs is 1. The van der Waals surface area contributed by atoms with Crippen LogP contribution in [-0.2, 0) is 0 Å². The van der Waals surface area contributed by atoms with Crippen molar-refractivity contribution in [1.29, 1.82) is 0 Å². The molecule has 100 valence electrons. The number of carbonyl (C=O) groups is 1. The molecule has 0 spiro atoms. The van der Waals surface area contributed by atoms with Gasteiger partial charge in [-0.2, -0.15) is 5.10 Å². The van der Waals surface area contributed by atoms with E-state index in [9.17, 15) is 9.90 Å². The molecule has 3 aromatic rings. The first kappa shape index (κ1) is 13.0. The van der Waals surface area contributed by atoms with E-state index in [-0.39, 0.29) is 5.69 Å². The average Bonchev–Trinajstić information content (AvgIpc) is 2.78. The van der Waals surface area contributed by atoms with E-state index in [1.807, 2.05) is 6.07 Å². The highest BCUT2D eigenvalue weighted by molar-refractivity contribution is 6.35. The molecular formula is C14H8Cl2N2O2. The Morgan fingerprint density at radius 3 is 2.60 bits per heavy atom. The highest BCUT2D eigenvalue weighted by atomic mass is 35.5. The number of carboxylic acids is 1. The van der Waals surface area contributed by atoms with Gasteiger partial charge in [0.2, 0.25) is 0 Å². The van der Waals surface area contributed by atoms with Crippen molar-refractivity contribution < 1.29 is 9.90 Å². The number of hydrogen-bond donors (Lipinski definition) is 1. The molecule has 0 aliphatic rings. The monoisotopic (exact) mass is 306 g/mol. The van der Waals surface area contributed by atoms with Crippen LogP contribution in [0.15, 0.2) is 42.5 Å². The number of benzene rings is 2. The summed E-state index contributed by atoms with van der Waals surface area (Å²) in [4.78, 5) is 11.3. The molecule has 1 heterocycles. The third-order valence-electron chi connectivity index (χ3n) is 2.93. The molecule has 2 aromatic carbocycles. The Labute approximate surface area is 124 Å². The summed E-state index contributed by atoms with van der Waals surface area (Å²) in [6.45, 7) is 0. The van der Waals surface area contributed by atoms with Gasteiger partial charge < -0.3 is 5.11 Å². The average molecular weight is 307 g/mol. The Morgan fingerprint density at radius 1 is 1.15 bits per heavy atom. The lowest BCUT2D eigenvalue weighted by molar-refractivity contribution is 0.0692. The Kier molecular flexibility index (Phi) is 3.12. The van der Waals surface area contributed by atoms with E-state index in [4.69, 9.17) is 23.2 Å². The lowest BCUT2D eigenvalue weighted by Crippen LogP contribution is -2.01. The molecule has 0 atom stereocenters. The highest BCUT2D eigenvalue weighted by Crippen LogP contribution is 2.28. The van der Waals surface area contributed by atoms with Gasteiger partial charge in [0.1, 0.15) is 0 Å². The number of carboxylic acid groups (broad SMARTS) is 1. The standard InChI is InChI=1S/C14H8Cl2N2O2/c15-8-5-6-12(10(16)7-8)18-11-4-2-1-3-9(11)13(17-18)14(19)20/h1-7H,(H,19,20). The van der Waals surface area contributed by atoms with Crippen LogP contribution >= 0.6 is 23.2 Å². The maximum Gasteiger partial charge on any atom is 0.357 e. The SMILES string of the molecule is O=C(O)c1nn(-c2ccc(Cl)cc2Cl)c2ccccc12. The summed E-state index contributed by atoms with van der Waals surface area (Å²) in [6, 6.07) is 12.1. The van der Waals surface area contributed by atoms with Crippen molar-refractivity contribution in [2.45, 2.75) is 0 Å². The Bertz CT molecular complexity index is 827. The molecule has 0 amide bonds. The van der Waals surface area contributed by atoms with Crippen molar-refractivity contribution >= 4 is 40.1 Å². The molecule has 4 nitrogen and oxygen atoms in total. The van der Waals surface area contributed by atoms with E-state index in [1.54, 1.807) is 36.4 Å². The highest BCUT2D eigenvalue weighted by Gasteiger charge is 2.17. The second-order valence-electron chi connectivity index (χ2n) is 4.18. The number of hydrogen-bond acceptors (Lipinski definition) is 2. The van der Waals surface area contributed by atoms with Gasteiger partial charge in [0.05, 0.1) is 16.2 Å². The molecular weight excluding hydrogens is 299 g/mol. The maximum atomic E-state index is 11.3. The molecule has 0 aliphatic heterocycles. The minimum Gasteiger partial charge on any atom is -0.476 e. The van der Waals surface area contributed by atoms with E-state index in [0.29, 0.717) is 26.6 Å². The summed E-state index contributed by atoms with van der Waals surface area (Å²) in [7, 11) is 0. The minimum absolute atomic E-state index is 0.00776. The zero-order valence-corrected chi connectivity index (χ0v) is 11.6. The van der Waals surface area contributed by atoms with Crippen molar-refractivity contribution in [3.63, 3.8) is 0 Å². The molecule has 0 saturated carbocycles. The van der Waals surface area contributed by atoms with Gasteiger partial charge in [-0.3, -0.25) is 0 Å². The van der Waals surface area contributed by atoms with E-state index in [0.717, 1.165) is 0 Å². The van der Waals surface area contributed by atoms with Gasteiger partial charge in [0.15, 0.2) is 5.69 Å². The molecule has 0 unspecified atom stereocenters. The molecule has 0 fully saturated rings. The second-order valence-corrected chi connectivity index (χ2v) is 5.02. The van der Waals surface area contributed by atoms with Crippen LogP contribution in [0, 0.1) is 0 Å². The van der Waals surface area contributed by atoms with E-state index >= 15 is 0 Å². The predicted molar refractivity (Wildman–Crippen MR) is 78.0 cm³/mol. The molecule has 1 aromatic heterocycles. The topological polar surface area (TPSA) is 55.1 Å². The quantitative estimate of drug-likeness (QED) is 0.777. The number of halogens is 2.